The second-order valence-corrected chi connectivity index (χ2v) is 7.29. The Morgan fingerprint density at radius 3 is 2.55 bits per heavy atom. The minimum Gasteiger partial charge on any atom is -0.349 e. The molecule has 1 fully saturated rings. The van der Waals surface area contributed by atoms with Crippen molar-refractivity contribution in [1.29, 1.82) is 5.26 Å². The van der Waals surface area contributed by atoms with Gasteiger partial charge in [0.2, 0.25) is 5.91 Å². The number of amides is 1. The smallest absolute Gasteiger partial charge is 0.224 e. The molecule has 1 aliphatic rings. The van der Waals surface area contributed by atoms with E-state index in [0.717, 1.165) is 5.56 Å². The molecular weight excluding hydrogens is 276 g/mol. The number of carbonyl (C=O) groups excluding carboxylic acids is 1. The van der Waals surface area contributed by atoms with Gasteiger partial charge in [-0.15, -0.1) is 0 Å². The predicted octanol–water partition coefficient (Wildman–Crippen LogP) is 1.17. The van der Waals surface area contributed by atoms with Crippen molar-refractivity contribution in [3.8, 4) is 6.07 Å². The summed E-state index contributed by atoms with van der Waals surface area (Å²) in [4.78, 5) is 12.0. The second kappa shape index (κ2) is 5.63. The maximum absolute atomic E-state index is 12.0. The van der Waals surface area contributed by atoms with Crippen LogP contribution in [0.25, 0.3) is 0 Å². The van der Waals surface area contributed by atoms with Gasteiger partial charge in [0, 0.05) is 0 Å². The number of nitrogens with one attached hydrogen (secondary N) is 1. The molecule has 0 aliphatic carbocycles. The molecule has 0 saturated carbocycles. The first-order valence-corrected chi connectivity index (χ1v) is 8.24. The van der Waals surface area contributed by atoms with Crippen molar-refractivity contribution in [2.45, 2.75) is 19.4 Å². The highest BCUT2D eigenvalue weighted by Gasteiger charge is 2.33. The molecule has 20 heavy (non-hydrogen) atoms. The molecule has 0 radical (unpaired) electrons. The summed E-state index contributed by atoms with van der Waals surface area (Å²) in [6, 6.07) is 8.78. The first kappa shape index (κ1) is 14.5. The monoisotopic (exact) mass is 292 g/mol. The lowest BCUT2D eigenvalue weighted by Gasteiger charge is -2.16. The molecule has 1 amide bonds. The average Bonchev–Trinajstić information content (AvgIpc) is 2.79. The molecule has 1 N–H and O–H groups in total. The third kappa shape index (κ3) is 3.36. The first-order valence-electron chi connectivity index (χ1n) is 6.42. The lowest BCUT2D eigenvalue weighted by Crippen LogP contribution is -2.33. The molecule has 5 nitrogen and oxygen atoms in total. The Morgan fingerprint density at radius 2 is 2.05 bits per heavy atom. The van der Waals surface area contributed by atoms with Crippen LogP contribution in [0.2, 0.25) is 0 Å². The fourth-order valence-corrected chi connectivity index (χ4v) is 4.00. The highest BCUT2D eigenvalue weighted by atomic mass is 32.2. The van der Waals surface area contributed by atoms with Crippen LogP contribution >= 0.6 is 0 Å². The number of nitrogens with zero attached hydrogens (tertiary/aromatic N) is 1. The van der Waals surface area contributed by atoms with Crippen molar-refractivity contribution in [2.24, 2.45) is 5.92 Å². The summed E-state index contributed by atoms with van der Waals surface area (Å²) in [5.74, 6) is -0.626. The highest BCUT2D eigenvalue weighted by Crippen LogP contribution is 2.20. The van der Waals surface area contributed by atoms with Gasteiger partial charge in [-0.1, -0.05) is 12.1 Å². The molecule has 2 atom stereocenters. The minimum absolute atomic E-state index is 0.0566. The number of carbonyl (C=O) groups is 1. The van der Waals surface area contributed by atoms with Gasteiger partial charge in [-0.05, 0) is 31.0 Å². The van der Waals surface area contributed by atoms with E-state index in [9.17, 15) is 13.2 Å². The van der Waals surface area contributed by atoms with Crippen LogP contribution in [0.15, 0.2) is 24.3 Å². The molecule has 0 bridgehead atoms. The number of benzene rings is 1. The first-order chi connectivity index (χ1) is 9.41. The zero-order valence-electron chi connectivity index (χ0n) is 11.2. The van der Waals surface area contributed by atoms with Crippen molar-refractivity contribution < 1.29 is 13.2 Å². The normalized spacial score (nSPS) is 21.9. The minimum atomic E-state index is -3.05. The van der Waals surface area contributed by atoms with E-state index in [2.05, 4.69) is 5.32 Å². The molecule has 1 heterocycles. The van der Waals surface area contributed by atoms with Crippen molar-refractivity contribution >= 4 is 15.7 Å². The van der Waals surface area contributed by atoms with Crippen LogP contribution in [0.3, 0.4) is 0 Å². The summed E-state index contributed by atoms with van der Waals surface area (Å²) in [6.45, 7) is 1.84. The Kier molecular flexibility index (Phi) is 4.09. The molecule has 1 saturated heterocycles. The summed E-state index contributed by atoms with van der Waals surface area (Å²) in [6.07, 6.45) is 0.397. The summed E-state index contributed by atoms with van der Waals surface area (Å²) >= 11 is 0. The average molecular weight is 292 g/mol. The Morgan fingerprint density at radius 1 is 1.40 bits per heavy atom. The highest BCUT2D eigenvalue weighted by molar-refractivity contribution is 7.91. The van der Waals surface area contributed by atoms with Gasteiger partial charge in [0.1, 0.15) is 0 Å². The van der Waals surface area contributed by atoms with Crippen LogP contribution in [0.5, 0.6) is 0 Å². The Balaban J connectivity index is 1.99. The van der Waals surface area contributed by atoms with E-state index in [1.807, 2.05) is 13.0 Å². The van der Waals surface area contributed by atoms with Crippen LogP contribution in [0.4, 0.5) is 0 Å². The molecule has 1 aromatic carbocycles. The van der Waals surface area contributed by atoms with E-state index in [0.29, 0.717) is 12.0 Å². The van der Waals surface area contributed by atoms with Crippen LogP contribution in [-0.2, 0) is 14.6 Å². The Hall–Kier alpha value is -1.87. The molecule has 2 rings (SSSR count). The number of hydrogen-bond acceptors (Lipinski definition) is 4. The molecular formula is C14H16N2O3S. The van der Waals surface area contributed by atoms with Crippen molar-refractivity contribution in [2.75, 3.05) is 11.5 Å². The van der Waals surface area contributed by atoms with E-state index in [-0.39, 0.29) is 23.5 Å². The zero-order chi connectivity index (χ0) is 14.8. The third-order valence-corrected chi connectivity index (χ3v) is 5.27. The van der Waals surface area contributed by atoms with E-state index >= 15 is 0 Å². The summed E-state index contributed by atoms with van der Waals surface area (Å²) in [5.41, 5.74) is 1.45. The SMILES string of the molecule is CC(NC(=O)C1CCS(=O)(=O)C1)c1ccc(C#N)cc1. The van der Waals surface area contributed by atoms with Gasteiger partial charge >= 0.3 is 0 Å². The van der Waals surface area contributed by atoms with Crippen LogP contribution in [-0.4, -0.2) is 25.8 Å². The summed E-state index contributed by atoms with van der Waals surface area (Å²) < 4.78 is 22.7. The van der Waals surface area contributed by atoms with Crippen molar-refractivity contribution in [1.82, 2.24) is 5.32 Å². The van der Waals surface area contributed by atoms with E-state index in [1.54, 1.807) is 24.3 Å². The van der Waals surface area contributed by atoms with E-state index in [1.165, 1.54) is 0 Å². The number of nitriles is 1. The fraction of sp³-hybridized carbons (Fsp3) is 0.429. The lowest BCUT2D eigenvalue weighted by molar-refractivity contribution is -0.124. The van der Waals surface area contributed by atoms with Gasteiger partial charge in [-0.25, -0.2) is 8.42 Å². The standard InChI is InChI=1S/C14H16N2O3S/c1-10(12-4-2-11(8-15)3-5-12)16-14(17)13-6-7-20(18,19)9-13/h2-5,10,13H,6-7,9H2,1H3,(H,16,17). The number of hydrogen-bond donors (Lipinski definition) is 1. The molecule has 2 unspecified atom stereocenters. The summed E-state index contributed by atoms with van der Waals surface area (Å²) in [5, 5.41) is 11.6. The van der Waals surface area contributed by atoms with Crippen molar-refractivity contribution in [3.63, 3.8) is 0 Å². The second-order valence-electron chi connectivity index (χ2n) is 5.06. The maximum Gasteiger partial charge on any atom is 0.224 e. The molecule has 0 spiro atoms. The lowest BCUT2D eigenvalue weighted by atomic mass is 10.0. The molecule has 0 aromatic heterocycles. The molecule has 1 aliphatic heterocycles. The van der Waals surface area contributed by atoms with Gasteiger partial charge in [0.25, 0.3) is 0 Å². The van der Waals surface area contributed by atoms with Crippen molar-refractivity contribution in [3.05, 3.63) is 35.4 Å². The third-order valence-electron chi connectivity index (χ3n) is 3.50. The fourth-order valence-electron chi connectivity index (χ4n) is 2.26. The zero-order valence-corrected chi connectivity index (χ0v) is 12.0. The van der Waals surface area contributed by atoms with Gasteiger partial charge in [-0.3, -0.25) is 4.79 Å². The molecule has 6 heteroatoms. The molecule has 106 valence electrons. The largest absolute Gasteiger partial charge is 0.349 e. The van der Waals surface area contributed by atoms with Gasteiger partial charge in [0.05, 0.1) is 35.1 Å². The van der Waals surface area contributed by atoms with Gasteiger partial charge < -0.3 is 5.32 Å². The van der Waals surface area contributed by atoms with Crippen LogP contribution in [0.1, 0.15) is 30.5 Å². The Labute approximate surface area is 118 Å². The number of sulfone groups is 1. The van der Waals surface area contributed by atoms with Crippen LogP contribution in [0, 0.1) is 17.2 Å². The predicted molar refractivity (Wildman–Crippen MR) is 74.5 cm³/mol. The topological polar surface area (TPSA) is 87.0 Å². The van der Waals surface area contributed by atoms with Gasteiger partial charge in [-0.2, -0.15) is 5.26 Å². The van der Waals surface area contributed by atoms with Crippen LogP contribution < -0.4 is 5.32 Å². The summed E-state index contributed by atoms with van der Waals surface area (Å²) in [7, 11) is -3.05. The quantitative estimate of drug-likeness (QED) is 0.906. The Bertz CT molecular complexity index is 644. The number of rotatable bonds is 3. The van der Waals surface area contributed by atoms with E-state index in [4.69, 9.17) is 5.26 Å². The van der Waals surface area contributed by atoms with Gasteiger partial charge in [0.15, 0.2) is 9.84 Å². The van der Waals surface area contributed by atoms with E-state index < -0.39 is 15.8 Å². The maximum atomic E-state index is 12.0. The molecule has 1 aromatic rings.